The third kappa shape index (κ3) is 2.95. The molecule has 6 rings (SSSR count). The van der Waals surface area contributed by atoms with Crippen LogP contribution in [0.3, 0.4) is 0 Å². The highest BCUT2D eigenvalue weighted by atomic mass is 35.5. The highest BCUT2D eigenvalue weighted by Crippen LogP contribution is 2.49. The van der Waals surface area contributed by atoms with Gasteiger partial charge in [-0.1, -0.05) is 98.2 Å². The molecule has 0 unspecified atom stereocenters. The highest BCUT2D eigenvalue weighted by Gasteiger charge is 2.35. The van der Waals surface area contributed by atoms with Gasteiger partial charge in [-0.3, -0.25) is 0 Å². The Balaban J connectivity index is 1.47. The normalized spacial score (nSPS) is 13.7. The lowest BCUT2D eigenvalue weighted by atomic mass is 9.82. The zero-order valence-electron chi connectivity index (χ0n) is 17.9. The van der Waals surface area contributed by atoms with Gasteiger partial charge in [0.15, 0.2) is 5.82 Å². The zero-order valence-corrected chi connectivity index (χ0v) is 18.7. The molecule has 3 heteroatoms. The number of rotatable bonds is 2. The molecule has 0 fully saturated rings. The predicted molar refractivity (Wildman–Crippen MR) is 133 cm³/mol. The molecule has 0 radical (unpaired) electrons. The van der Waals surface area contributed by atoms with E-state index in [9.17, 15) is 0 Å². The van der Waals surface area contributed by atoms with Crippen LogP contribution in [-0.4, -0.2) is 9.97 Å². The fraction of sp³-hybridized carbons (Fsp3) is 0.103. The molecule has 0 spiro atoms. The van der Waals surface area contributed by atoms with Crippen molar-refractivity contribution in [1.29, 1.82) is 0 Å². The summed E-state index contributed by atoms with van der Waals surface area (Å²) in [5.74, 6) is 0.648. The Morgan fingerprint density at radius 1 is 0.625 bits per heavy atom. The fourth-order valence-electron chi connectivity index (χ4n) is 4.89. The standard InChI is InChI=1S/C29H21ClN2/c1-29(2)24-10-6-5-9-22(24)23-14-13-21(16-25(23)29)28-31-26(17-27(30)32-28)20-12-11-18-7-3-4-8-19(18)15-20/h3-17H,1-2H3. The number of hydrogen-bond donors (Lipinski definition) is 0. The highest BCUT2D eigenvalue weighted by molar-refractivity contribution is 6.29. The molecule has 1 aromatic heterocycles. The van der Waals surface area contributed by atoms with Crippen LogP contribution in [0.2, 0.25) is 5.15 Å². The van der Waals surface area contributed by atoms with Gasteiger partial charge >= 0.3 is 0 Å². The topological polar surface area (TPSA) is 25.8 Å². The Morgan fingerprint density at radius 3 is 2.22 bits per heavy atom. The molecule has 32 heavy (non-hydrogen) atoms. The molecule has 1 heterocycles. The van der Waals surface area contributed by atoms with E-state index in [1.165, 1.54) is 33.0 Å². The molecular weight excluding hydrogens is 412 g/mol. The summed E-state index contributed by atoms with van der Waals surface area (Å²) >= 11 is 6.46. The van der Waals surface area contributed by atoms with Gasteiger partial charge in [-0.05, 0) is 45.2 Å². The first kappa shape index (κ1) is 19.2. The average molecular weight is 433 g/mol. The van der Waals surface area contributed by atoms with Crippen molar-refractivity contribution in [3.05, 3.63) is 107 Å². The SMILES string of the molecule is CC1(C)c2ccccc2-c2ccc(-c3nc(Cl)cc(-c4ccc5ccccc5c4)n3)cc21. The summed E-state index contributed by atoms with van der Waals surface area (Å²) in [5.41, 5.74) is 8.02. The number of benzene rings is 4. The van der Waals surface area contributed by atoms with Crippen LogP contribution in [0.4, 0.5) is 0 Å². The van der Waals surface area contributed by atoms with Gasteiger partial charge in [0.25, 0.3) is 0 Å². The Morgan fingerprint density at radius 2 is 1.34 bits per heavy atom. The van der Waals surface area contributed by atoms with Crippen LogP contribution in [0.25, 0.3) is 44.5 Å². The first-order valence-corrected chi connectivity index (χ1v) is 11.2. The molecule has 5 aromatic rings. The zero-order chi connectivity index (χ0) is 21.9. The molecule has 2 nitrogen and oxygen atoms in total. The fourth-order valence-corrected chi connectivity index (χ4v) is 5.07. The van der Waals surface area contributed by atoms with Crippen molar-refractivity contribution in [3.63, 3.8) is 0 Å². The van der Waals surface area contributed by atoms with E-state index >= 15 is 0 Å². The number of nitrogens with zero attached hydrogens (tertiary/aromatic N) is 2. The third-order valence-electron chi connectivity index (χ3n) is 6.58. The minimum absolute atomic E-state index is 0.0678. The monoisotopic (exact) mass is 432 g/mol. The largest absolute Gasteiger partial charge is 0.228 e. The molecule has 4 aromatic carbocycles. The van der Waals surface area contributed by atoms with E-state index in [2.05, 4.69) is 104 Å². The average Bonchev–Trinajstić information content (AvgIpc) is 3.05. The van der Waals surface area contributed by atoms with Gasteiger partial charge in [0.2, 0.25) is 0 Å². The van der Waals surface area contributed by atoms with Crippen LogP contribution in [0.15, 0.2) is 91.0 Å². The first-order valence-electron chi connectivity index (χ1n) is 10.8. The summed E-state index contributed by atoms with van der Waals surface area (Å²) in [5, 5.41) is 2.83. The van der Waals surface area contributed by atoms with Crippen molar-refractivity contribution in [2.45, 2.75) is 19.3 Å². The van der Waals surface area contributed by atoms with Gasteiger partial charge in [-0.25, -0.2) is 9.97 Å². The second-order valence-electron chi connectivity index (χ2n) is 8.89. The number of fused-ring (bicyclic) bond motifs is 4. The lowest BCUT2D eigenvalue weighted by Gasteiger charge is -2.21. The minimum Gasteiger partial charge on any atom is -0.228 e. The lowest BCUT2D eigenvalue weighted by Crippen LogP contribution is -2.15. The van der Waals surface area contributed by atoms with Crippen LogP contribution in [0, 0.1) is 0 Å². The van der Waals surface area contributed by atoms with E-state index in [4.69, 9.17) is 16.6 Å². The maximum absolute atomic E-state index is 6.46. The summed E-state index contributed by atoms with van der Waals surface area (Å²) in [6.45, 7) is 4.56. The van der Waals surface area contributed by atoms with E-state index in [1.54, 1.807) is 0 Å². The van der Waals surface area contributed by atoms with Gasteiger partial charge in [-0.2, -0.15) is 0 Å². The molecule has 1 aliphatic carbocycles. The van der Waals surface area contributed by atoms with Crippen LogP contribution >= 0.6 is 11.6 Å². The Kier molecular flexibility index (Phi) is 4.21. The summed E-state index contributed by atoms with van der Waals surface area (Å²) in [6.07, 6.45) is 0. The van der Waals surface area contributed by atoms with E-state index in [1.807, 2.05) is 6.07 Å². The minimum atomic E-state index is -0.0678. The molecule has 0 N–H and O–H groups in total. The molecule has 0 amide bonds. The van der Waals surface area contributed by atoms with Gasteiger partial charge in [-0.15, -0.1) is 0 Å². The summed E-state index contributed by atoms with van der Waals surface area (Å²) in [4.78, 5) is 9.48. The Labute approximate surface area is 192 Å². The predicted octanol–water partition coefficient (Wildman–Crippen LogP) is 7.92. The van der Waals surface area contributed by atoms with Crippen LogP contribution in [0.5, 0.6) is 0 Å². The molecule has 0 aliphatic heterocycles. The quantitative estimate of drug-likeness (QED) is 0.265. The van der Waals surface area contributed by atoms with Crippen molar-refractivity contribution in [1.82, 2.24) is 9.97 Å². The first-order chi connectivity index (χ1) is 15.5. The second-order valence-corrected chi connectivity index (χ2v) is 9.28. The van der Waals surface area contributed by atoms with Gasteiger partial charge < -0.3 is 0 Å². The van der Waals surface area contributed by atoms with Gasteiger partial charge in [0.05, 0.1) is 5.69 Å². The molecule has 0 atom stereocenters. The third-order valence-corrected chi connectivity index (χ3v) is 6.78. The van der Waals surface area contributed by atoms with Crippen LogP contribution in [0.1, 0.15) is 25.0 Å². The molecule has 1 aliphatic rings. The number of halogens is 1. The number of hydrogen-bond acceptors (Lipinski definition) is 2. The van der Waals surface area contributed by atoms with Crippen LogP contribution in [-0.2, 0) is 5.41 Å². The Bertz CT molecular complexity index is 1520. The van der Waals surface area contributed by atoms with Crippen molar-refractivity contribution in [2.75, 3.05) is 0 Å². The Hall–Kier alpha value is -3.49. The van der Waals surface area contributed by atoms with E-state index in [-0.39, 0.29) is 5.41 Å². The van der Waals surface area contributed by atoms with E-state index < -0.39 is 0 Å². The van der Waals surface area contributed by atoms with Crippen molar-refractivity contribution >= 4 is 22.4 Å². The lowest BCUT2D eigenvalue weighted by molar-refractivity contribution is 0.660. The molecule has 0 saturated heterocycles. The summed E-state index contributed by atoms with van der Waals surface area (Å²) in [7, 11) is 0. The molecule has 154 valence electrons. The smallest absolute Gasteiger partial charge is 0.161 e. The summed E-state index contributed by atoms with van der Waals surface area (Å²) in [6, 6.07) is 31.7. The number of aromatic nitrogens is 2. The molecule has 0 saturated carbocycles. The molecule has 0 bridgehead atoms. The van der Waals surface area contributed by atoms with Gasteiger partial charge in [0, 0.05) is 22.6 Å². The maximum atomic E-state index is 6.46. The van der Waals surface area contributed by atoms with E-state index in [0.717, 1.165) is 16.8 Å². The van der Waals surface area contributed by atoms with Crippen molar-refractivity contribution in [2.24, 2.45) is 0 Å². The van der Waals surface area contributed by atoms with E-state index in [0.29, 0.717) is 11.0 Å². The summed E-state index contributed by atoms with van der Waals surface area (Å²) < 4.78 is 0. The molecular formula is C29H21ClN2. The van der Waals surface area contributed by atoms with Crippen molar-refractivity contribution < 1.29 is 0 Å². The second kappa shape index (κ2) is 7.01. The maximum Gasteiger partial charge on any atom is 0.161 e. The van der Waals surface area contributed by atoms with Crippen LogP contribution < -0.4 is 0 Å². The van der Waals surface area contributed by atoms with Crippen molar-refractivity contribution in [3.8, 4) is 33.8 Å². The van der Waals surface area contributed by atoms with Gasteiger partial charge in [0.1, 0.15) is 5.15 Å².